The van der Waals surface area contributed by atoms with E-state index in [9.17, 15) is 14.9 Å². The summed E-state index contributed by atoms with van der Waals surface area (Å²) in [6.45, 7) is 0. The normalized spacial score (nSPS) is 9.95. The maximum atomic E-state index is 11.1. The van der Waals surface area contributed by atoms with Gasteiger partial charge in [0.05, 0.1) is 12.0 Å². The van der Waals surface area contributed by atoms with Gasteiger partial charge in [-0.25, -0.2) is 4.79 Å². The van der Waals surface area contributed by atoms with Gasteiger partial charge in [0.1, 0.15) is 11.3 Å². The van der Waals surface area contributed by atoms with Crippen molar-refractivity contribution in [3.05, 3.63) is 52.1 Å². The van der Waals surface area contributed by atoms with Gasteiger partial charge in [-0.1, -0.05) is 12.1 Å². The molecule has 8 heteroatoms. The Morgan fingerprint density at radius 1 is 1.29 bits per heavy atom. The van der Waals surface area contributed by atoms with Crippen LogP contribution in [0.25, 0.3) is 0 Å². The summed E-state index contributed by atoms with van der Waals surface area (Å²) in [5, 5.41) is 20.0. The lowest BCUT2D eigenvalue weighted by Crippen LogP contribution is -2.02. The summed E-state index contributed by atoms with van der Waals surface area (Å²) in [5.74, 6) is -1.48. The molecule has 8 nitrogen and oxygen atoms in total. The van der Waals surface area contributed by atoms with E-state index in [1.165, 1.54) is 37.4 Å². The van der Waals surface area contributed by atoms with Gasteiger partial charge in [0, 0.05) is 12.1 Å². The Kier molecular flexibility index (Phi) is 3.98. The third-order valence-corrected chi connectivity index (χ3v) is 2.54. The van der Waals surface area contributed by atoms with Crippen LogP contribution >= 0.6 is 0 Å². The first-order chi connectivity index (χ1) is 10.0. The van der Waals surface area contributed by atoms with Crippen LogP contribution in [0.15, 0.2) is 36.4 Å². The summed E-state index contributed by atoms with van der Waals surface area (Å²) in [6.07, 6.45) is 0. The molecule has 2 rings (SSSR count). The van der Waals surface area contributed by atoms with Gasteiger partial charge in [0.25, 0.3) is 0 Å². The van der Waals surface area contributed by atoms with E-state index in [0.717, 1.165) is 0 Å². The van der Waals surface area contributed by atoms with Crippen LogP contribution in [-0.4, -0.2) is 28.1 Å². The Morgan fingerprint density at radius 2 is 2.00 bits per heavy atom. The Balaban J connectivity index is 2.48. The molecule has 0 unspecified atom stereocenters. The highest BCUT2D eigenvalue weighted by Crippen LogP contribution is 2.32. The highest BCUT2D eigenvalue weighted by atomic mass is 16.6. The molecule has 0 fully saturated rings. The number of methoxy groups -OCH3 is 1. The van der Waals surface area contributed by atoms with Crippen LogP contribution in [-0.2, 0) is 0 Å². The van der Waals surface area contributed by atoms with Crippen LogP contribution in [0.1, 0.15) is 10.4 Å². The molecule has 1 N–H and O–H groups in total. The summed E-state index contributed by atoms with van der Waals surface area (Å²) in [4.78, 5) is 25.2. The Bertz CT molecular complexity index is 701. The molecule has 108 valence electrons. The third-order valence-electron chi connectivity index (χ3n) is 2.54. The molecule has 2 aromatic rings. The van der Waals surface area contributed by atoms with Gasteiger partial charge in [-0.15, -0.1) is 0 Å². The molecular formula is C13H10N2O6. The van der Waals surface area contributed by atoms with Crippen molar-refractivity contribution in [2.75, 3.05) is 7.11 Å². The highest BCUT2D eigenvalue weighted by molar-refractivity contribution is 5.90. The number of rotatable bonds is 5. The van der Waals surface area contributed by atoms with Crippen LogP contribution < -0.4 is 9.47 Å². The molecule has 0 aliphatic rings. The largest absolute Gasteiger partial charge is 0.481 e. The van der Waals surface area contributed by atoms with Gasteiger partial charge < -0.3 is 14.6 Å². The second kappa shape index (κ2) is 5.87. The fourth-order valence-electron chi connectivity index (χ4n) is 1.58. The summed E-state index contributed by atoms with van der Waals surface area (Å²) in [5.41, 5.74) is -0.521. The van der Waals surface area contributed by atoms with E-state index >= 15 is 0 Å². The van der Waals surface area contributed by atoms with E-state index < -0.39 is 16.6 Å². The minimum atomic E-state index is -1.21. The number of carboxylic acids is 1. The van der Waals surface area contributed by atoms with Crippen molar-refractivity contribution >= 4 is 11.7 Å². The first-order valence-electron chi connectivity index (χ1n) is 5.72. The van der Waals surface area contributed by atoms with Gasteiger partial charge >= 0.3 is 17.5 Å². The van der Waals surface area contributed by atoms with Crippen molar-refractivity contribution in [3.8, 4) is 17.5 Å². The van der Waals surface area contributed by atoms with Crippen LogP contribution in [0.5, 0.6) is 17.5 Å². The van der Waals surface area contributed by atoms with Gasteiger partial charge in [-0.2, -0.15) is 4.98 Å². The zero-order valence-corrected chi connectivity index (χ0v) is 10.8. The highest BCUT2D eigenvalue weighted by Gasteiger charge is 2.21. The van der Waals surface area contributed by atoms with Crippen molar-refractivity contribution in [1.29, 1.82) is 0 Å². The van der Waals surface area contributed by atoms with Crippen LogP contribution in [0.4, 0.5) is 5.69 Å². The lowest BCUT2D eigenvalue weighted by atomic mass is 10.2. The molecule has 0 saturated carbocycles. The predicted molar refractivity (Wildman–Crippen MR) is 70.9 cm³/mol. The fourth-order valence-corrected chi connectivity index (χ4v) is 1.58. The van der Waals surface area contributed by atoms with Crippen molar-refractivity contribution in [2.45, 2.75) is 0 Å². The number of benzene rings is 1. The second-order valence-corrected chi connectivity index (χ2v) is 3.84. The number of aromatic nitrogens is 1. The van der Waals surface area contributed by atoms with E-state index in [1.54, 1.807) is 6.07 Å². The average Bonchev–Trinajstić information content (AvgIpc) is 2.47. The number of carboxylic acid groups (broad SMARTS) is 1. The molecule has 0 aliphatic carbocycles. The van der Waals surface area contributed by atoms with Crippen molar-refractivity contribution in [3.63, 3.8) is 0 Å². The summed E-state index contributed by atoms with van der Waals surface area (Å²) in [7, 11) is 1.35. The number of nitrogens with zero attached hydrogens (tertiary/aromatic N) is 2. The first kappa shape index (κ1) is 14.3. The molecule has 0 amide bonds. The molecule has 0 radical (unpaired) electrons. The van der Waals surface area contributed by atoms with Crippen molar-refractivity contribution in [1.82, 2.24) is 4.98 Å². The zero-order valence-electron chi connectivity index (χ0n) is 10.8. The molecule has 0 saturated heterocycles. The smallest absolute Gasteiger partial charge is 0.339 e. The van der Waals surface area contributed by atoms with Gasteiger partial charge in [-0.05, 0) is 12.1 Å². The van der Waals surface area contributed by atoms with E-state index in [1.807, 2.05) is 0 Å². The zero-order chi connectivity index (χ0) is 15.4. The van der Waals surface area contributed by atoms with Crippen molar-refractivity contribution in [2.24, 2.45) is 0 Å². The number of hydrogen-bond acceptors (Lipinski definition) is 6. The number of para-hydroxylation sites is 1. The van der Waals surface area contributed by atoms with Gasteiger partial charge in [0.2, 0.25) is 5.88 Å². The first-order valence-corrected chi connectivity index (χ1v) is 5.72. The standard InChI is InChI=1S/C13H10N2O6/c1-20-11-7-6-9(15(18)19)12(14-11)21-10-5-3-2-4-8(10)13(16)17/h2-7H,1H3,(H,16,17). The maximum Gasteiger partial charge on any atom is 0.339 e. The predicted octanol–water partition coefficient (Wildman–Crippen LogP) is 2.49. The Hall–Kier alpha value is -3.16. The van der Waals surface area contributed by atoms with Gasteiger partial charge in [0.15, 0.2) is 0 Å². The molecule has 0 bridgehead atoms. The topological polar surface area (TPSA) is 112 Å². The number of pyridine rings is 1. The minimum absolute atomic E-state index is 0.0474. The molecular weight excluding hydrogens is 280 g/mol. The second-order valence-electron chi connectivity index (χ2n) is 3.84. The molecule has 1 heterocycles. The number of aromatic carboxylic acids is 1. The molecule has 1 aromatic carbocycles. The minimum Gasteiger partial charge on any atom is -0.481 e. The van der Waals surface area contributed by atoms with E-state index in [4.69, 9.17) is 14.6 Å². The quantitative estimate of drug-likeness (QED) is 0.664. The SMILES string of the molecule is COc1ccc([N+](=O)[O-])c(Oc2ccccc2C(=O)O)n1. The van der Waals surface area contributed by atoms with E-state index in [-0.39, 0.29) is 23.1 Å². The molecule has 0 atom stereocenters. The maximum absolute atomic E-state index is 11.1. The Morgan fingerprint density at radius 3 is 2.62 bits per heavy atom. The van der Waals surface area contributed by atoms with Crippen molar-refractivity contribution < 1.29 is 24.3 Å². The fraction of sp³-hybridized carbons (Fsp3) is 0.0769. The van der Waals surface area contributed by atoms with E-state index in [0.29, 0.717) is 0 Å². The lowest BCUT2D eigenvalue weighted by Gasteiger charge is -2.08. The number of carbonyl (C=O) groups is 1. The molecule has 1 aromatic heterocycles. The number of nitro groups is 1. The van der Waals surface area contributed by atoms with Crippen LogP contribution in [0.2, 0.25) is 0 Å². The Labute approximate surface area is 118 Å². The molecule has 21 heavy (non-hydrogen) atoms. The molecule has 0 spiro atoms. The monoisotopic (exact) mass is 290 g/mol. The molecule has 0 aliphatic heterocycles. The third kappa shape index (κ3) is 3.06. The number of ether oxygens (including phenoxy) is 2. The van der Waals surface area contributed by atoms with E-state index in [2.05, 4.69) is 4.98 Å². The van der Waals surface area contributed by atoms with Crippen LogP contribution in [0.3, 0.4) is 0 Å². The van der Waals surface area contributed by atoms with Crippen LogP contribution in [0, 0.1) is 10.1 Å². The summed E-state index contributed by atoms with van der Waals surface area (Å²) >= 11 is 0. The summed E-state index contributed by atoms with van der Waals surface area (Å²) in [6, 6.07) is 8.26. The van der Waals surface area contributed by atoms with Gasteiger partial charge in [-0.3, -0.25) is 10.1 Å². The average molecular weight is 290 g/mol. The summed E-state index contributed by atoms with van der Waals surface area (Å²) < 4.78 is 10.2. The lowest BCUT2D eigenvalue weighted by molar-refractivity contribution is -0.386. The number of hydrogen-bond donors (Lipinski definition) is 1.